The maximum atomic E-state index is 13.3. The Kier molecular flexibility index (Phi) is 10.6. The molecule has 1 fully saturated rings. The SMILES string of the molecule is CCNC(=NCc1ccc(F)c(C)c1)NCCC(=O)N1CCCC(C)C1.I. The lowest BCUT2D eigenvalue weighted by Crippen LogP contribution is -2.42. The van der Waals surface area contributed by atoms with Gasteiger partial charge in [0.15, 0.2) is 5.96 Å². The van der Waals surface area contributed by atoms with Gasteiger partial charge in [-0.1, -0.05) is 19.1 Å². The van der Waals surface area contributed by atoms with Crippen molar-refractivity contribution >= 4 is 35.8 Å². The normalized spacial score (nSPS) is 17.3. The Balaban J connectivity index is 0.00000364. The monoisotopic (exact) mass is 490 g/mol. The smallest absolute Gasteiger partial charge is 0.224 e. The van der Waals surface area contributed by atoms with E-state index < -0.39 is 0 Å². The summed E-state index contributed by atoms with van der Waals surface area (Å²) in [6.45, 7) is 9.46. The lowest BCUT2D eigenvalue weighted by Gasteiger charge is -2.31. The van der Waals surface area contributed by atoms with Crippen LogP contribution in [0, 0.1) is 18.7 Å². The molecular formula is C20H32FIN4O. The van der Waals surface area contributed by atoms with Crippen molar-refractivity contribution in [2.75, 3.05) is 26.2 Å². The van der Waals surface area contributed by atoms with E-state index in [1.807, 2.05) is 17.9 Å². The predicted molar refractivity (Wildman–Crippen MR) is 119 cm³/mol. The van der Waals surface area contributed by atoms with E-state index in [1.165, 1.54) is 12.5 Å². The average molecular weight is 490 g/mol. The van der Waals surface area contributed by atoms with Gasteiger partial charge in [0.1, 0.15) is 5.82 Å². The van der Waals surface area contributed by atoms with Crippen LogP contribution in [-0.4, -0.2) is 42.9 Å². The summed E-state index contributed by atoms with van der Waals surface area (Å²) in [5.74, 6) is 1.27. The summed E-state index contributed by atoms with van der Waals surface area (Å²) in [5, 5.41) is 6.39. The number of guanidine groups is 1. The maximum Gasteiger partial charge on any atom is 0.224 e. The van der Waals surface area contributed by atoms with Gasteiger partial charge in [-0.25, -0.2) is 9.38 Å². The quantitative estimate of drug-likeness (QED) is 0.365. The van der Waals surface area contributed by atoms with Crippen LogP contribution in [0.1, 0.15) is 44.2 Å². The predicted octanol–water partition coefficient (Wildman–Crippen LogP) is 3.46. The second-order valence-electron chi connectivity index (χ2n) is 7.04. The number of nitrogens with one attached hydrogen (secondary N) is 2. The molecule has 27 heavy (non-hydrogen) atoms. The van der Waals surface area contributed by atoms with Gasteiger partial charge in [-0.15, -0.1) is 24.0 Å². The molecule has 0 bridgehead atoms. The number of halogens is 2. The second kappa shape index (κ2) is 12.2. The number of benzene rings is 1. The molecule has 0 aliphatic carbocycles. The van der Waals surface area contributed by atoms with Gasteiger partial charge in [-0.05, 0) is 49.8 Å². The van der Waals surface area contributed by atoms with Crippen LogP contribution in [0.3, 0.4) is 0 Å². The van der Waals surface area contributed by atoms with E-state index >= 15 is 0 Å². The van der Waals surface area contributed by atoms with E-state index in [-0.39, 0.29) is 35.7 Å². The minimum atomic E-state index is -0.201. The van der Waals surface area contributed by atoms with Gasteiger partial charge in [0.2, 0.25) is 5.91 Å². The molecular weight excluding hydrogens is 458 g/mol. The van der Waals surface area contributed by atoms with Crippen molar-refractivity contribution in [1.29, 1.82) is 0 Å². The Morgan fingerprint density at radius 2 is 2.15 bits per heavy atom. The minimum Gasteiger partial charge on any atom is -0.357 e. The van der Waals surface area contributed by atoms with Crippen molar-refractivity contribution in [3.05, 3.63) is 35.1 Å². The molecule has 2 rings (SSSR count). The van der Waals surface area contributed by atoms with Gasteiger partial charge in [-0.2, -0.15) is 0 Å². The van der Waals surface area contributed by atoms with Crippen LogP contribution >= 0.6 is 24.0 Å². The van der Waals surface area contributed by atoms with Crippen LogP contribution in [0.25, 0.3) is 0 Å². The summed E-state index contributed by atoms with van der Waals surface area (Å²) in [7, 11) is 0. The number of nitrogens with zero attached hydrogens (tertiary/aromatic N) is 2. The van der Waals surface area contributed by atoms with E-state index in [4.69, 9.17) is 0 Å². The molecule has 1 aliphatic rings. The van der Waals surface area contributed by atoms with E-state index in [1.54, 1.807) is 13.0 Å². The fraction of sp³-hybridized carbons (Fsp3) is 0.600. The summed E-state index contributed by atoms with van der Waals surface area (Å²) < 4.78 is 13.3. The standard InChI is InChI=1S/C20H31FN4O.HI/c1-4-22-20(24-13-17-7-8-18(21)16(3)12-17)23-10-9-19(26)25-11-5-6-15(2)14-25;/h7-8,12,15H,4-6,9-11,13-14H2,1-3H3,(H2,22,23,24);1H. The molecule has 1 atom stereocenters. The maximum absolute atomic E-state index is 13.3. The first-order valence-electron chi connectivity index (χ1n) is 9.54. The van der Waals surface area contributed by atoms with E-state index in [0.717, 1.165) is 31.6 Å². The van der Waals surface area contributed by atoms with Gasteiger partial charge in [0, 0.05) is 32.6 Å². The van der Waals surface area contributed by atoms with Crippen LogP contribution < -0.4 is 10.6 Å². The summed E-state index contributed by atoms with van der Waals surface area (Å²) in [6, 6.07) is 5.03. The zero-order valence-corrected chi connectivity index (χ0v) is 18.9. The van der Waals surface area contributed by atoms with Gasteiger partial charge in [0.25, 0.3) is 0 Å². The van der Waals surface area contributed by atoms with Crippen LogP contribution in [-0.2, 0) is 11.3 Å². The van der Waals surface area contributed by atoms with Crippen LogP contribution in [0.15, 0.2) is 23.2 Å². The van der Waals surface area contributed by atoms with Crippen molar-refractivity contribution in [2.45, 2.75) is 46.6 Å². The molecule has 1 aliphatic heterocycles. The molecule has 152 valence electrons. The summed E-state index contributed by atoms with van der Waals surface area (Å²) >= 11 is 0. The van der Waals surface area contributed by atoms with Crippen molar-refractivity contribution in [1.82, 2.24) is 15.5 Å². The van der Waals surface area contributed by atoms with Crippen LogP contribution in [0.2, 0.25) is 0 Å². The fourth-order valence-corrected chi connectivity index (χ4v) is 3.18. The molecule has 1 amide bonds. The highest BCUT2D eigenvalue weighted by Crippen LogP contribution is 2.16. The Bertz CT molecular complexity index is 638. The molecule has 5 nitrogen and oxygen atoms in total. The first kappa shape index (κ1) is 23.7. The molecule has 1 saturated heterocycles. The lowest BCUT2D eigenvalue weighted by molar-refractivity contribution is -0.132. The molecule has 1 heterocycles. The van der Waals surface area contributed by atoms with Gasteiger partial charge in [-0.3, -0.25) is 4.79 Å². The Hall–Kier alpha value is -1.38. The van der Waals surface area contributed by atoms with Crippen LogP contribution in [0.5, 0.6) is 0 Å². The molecule has 0 aromatic heterocycles. The highest BCUT2D eigenvalue weighted by atomic mass is 127. The van der Waals surface area contributed by atoms with E-state index in [2.05, 4.69) is 22.5 Å². The molecule has 1 aromatic rings. The van der Waals surface area contributed by atoms with Gasteiger partial charge >= 0.3 is 0 Å². The number of likely N-dealkylation sites (tertiary alicyclic amines) is 1. The second-order valence-corrected chi connectivity index (χ2v) is 7.04. The summed E-state index contributed by atoms with van der Waals surface area (Å²) in [5.41, 5.74) is 1.58. The third-order valence-electron chi connectivity index (χ3n) is 4.63. The van der Waals surface area contributed by atoms with Crippen molar-refractivity contribution < 1.29 is 9.18 Å². The minimum absolute atomic E-state index is 0. The fourth-order valence-electron chi connectivity index (χ4n) is 3.18. The topological polar surface area (TPSA) is 56.7 Å². The number of aliphatic imine (C=N–C) groups is 1. The highest BCUT2D eigenvalue weighted by Gasteiger charge is 2.20. The Labute approximate surface area is 179 Å². The number of amides is 1. The molecule has 0 spiro atoms. The van der Waals surface area contributed by atoms with Gasteiger partial charge < -0.3 is 15.5 Å². The van der Waals surface area contributed by atoms with Crippen molar-refractivity contribution in [2.24, 2.45) is 10.9 Å². The zero-order chi connectivity index (χ0) is 18.9. The largest absolute Gasteiger partial charge is 0.357 e. The Morgan fingerprint density at radius 1 is 1.37 bits per heavy atom. The molecule has 1 aromatic carbocycles. The Morgan fingerprint density at radius 3 is 2.81 bits per heavy atom. The zero-order valence-electron chi connectivity index (χ0n) is 16.6. The summed E-state index contributed by atoms with van der Waals surface area (Å²) in [4.78, 5) is 18.8. The first-order chi connectivity index (χ1) is 12.5. The van der Waals surface area contributed by atoms with Gasteiger partial charge in [0.05, 0.1) is 6.54 Å². The molecule has 2 N–H and O–H groups in total. The number of aryl methyl sites for hydroxylation is 1. The number of carbonyl (C=O) groups excluding carboxylic acids is 1. The number of hydrogen-bond donors (Lipinski definition) is 2. The van der Waals surface area contributed by atoms with E-state index in [0.29, 0.717) is 37.0 Å². The number of piperidine rings is 1. The first-order valence-corrected chi connectivity index (χ1v) is 9.54. The van der Waals surface area contributed by atoms with Crippen molar-refractivity contribution in [3.63, 3.8) is 0 Å². The number of rotatable bonds is 6. The van der Waals surface area contributed by atoms with Crippen molar-refractivity contribution in [3.8, 4) is 0 Å². The molecule has 1 unspecified atom stereocenters. The molecule has 7 heteroatoms. The molecule has 0 radical (unpaired) electrons. The third kappa shape index (κ3) is 8.02. The lowest BCUT2D eigenvalue weighted by atomic mass is 10.00. The third-order valence-corrected chi connectivity index (χ3v) is 4.63. The summed E-state index contributed by atoms with van der Waals surface area (Å²) in [6.07, 6.45) is 2.77. The van der Waals surface area contributed by atoms with Crippen LogP contribution in [0.4, 0.5) is 4.39 Å². The highest BCUT2D eigenvalue weighted by molar-refractivity contribution is 14.0. The van der Waals surface area contributed by atoms with E-state index in [9.17, 15) is 9.18 Å². The average Bonchev–Trinajstić information content (AvgIpc) is 2.62. The number of hydrogen-bond acceptors (Lipinski definition) is 2. The number of carbonyl (C=O) groups is 1. The molecule has 0 saturated carbocycles.